The SMILES string of the molecule is O=C(O)C1=Cc2cccn2CN1. The summed E-state index contributed by atoms with van der Waals surface area (Å²) in [6, 6.07) is 3.77. The maximum atomic E-state index is 10.5. The summed E-state index contributed by atoms with van der Waals surface area (Å²) in [5.74, 6) is -0.914. The Kier molecular flexibility index (Phi) is 1.40. The molecule has 1 aliphatic rings. The van der Waals surface area contributed by atoms with Gasteiger partial charge in [0.05, 0.1) is 6.67 Å². The molecule has 0 atom stereocenters. The zero-order chi connectivity index (χ0) is 8.55. The van der Waals surface area contributed by atoms with Crippen molar-refractivity contribution < 1.29 is 9.90 Å². The lowest BCUT2D eigenvalue weighted by Crippen LogP contribution is -2.26. The Morgan fingerprint density at radius 3 is 3.25 bits per heavy atom. The lowest BCUT2D eigenvalue weighted by atomic mass is 10.3. The second kappa shape index (κ2) is 2.41. The number of carboxylic acid groups (broad SMARTS) is 1. The standard InChI is InChI=1S/C8H8N2O2/c11-8(12)7-4-6-2-1-3-10(6)5-9-7/h1-4,9H,5H2,(H,11,12). The van der Waals surface area contributed by atoms with Gasteiger partial charge >= 0.3 is 5.97 Å². The molecule has 0 radical (unpaired) electrons. The van der Waals surface area contributed by atoms with Gasteiger partial charge in [-0.3, -0.25) is 0 Å². The number of carboxylic acids is 1. The van der Waals surface area contributed by atoms with Crippen LogP contribution in [0.4, 0.5) is 0 Å². The van der Waals surface area contributed by atoms with E-state index in [9.17, 15) is 4.79 Å². The Bertz CT molecular complexity index is 352. The molecule has 2 N–H and O–H groups in total. The molecule has 1 aromatic heterocycles. The third kappa shape index (κ3) is 0.972. The molecule has 4 heteroatoms. The van der Waals surface area contributed by atoms with Gasteiger partial charge in [0.15, 0.2) is 0 Å². The van der Waals surface area contributed by atoms with E-state index in [2.05, 4.69) is 5.32 Å². The molecule has 0 aromatic carbocycles. The molecule has 62 valence electrons. The smallest absolute Gasteiger partial charge is 0.352 e. The topological polar surface area (TPSA) is 54.3 Å². The average Bonchev–Trinajstić information content (AvgIpc) is 2.49. The van der Waals surface area contributed by atoms with Crippen molar-refractivity contribution in [2.45, 2.75) is 6.67 Å². The second-order valence-corrected chi connectivity index (χ2v) is 2.60. The predicted octanol–water partition coefficient (Wildman–Crippen LogP) is 0.474. The minimum absolute atomic E-state index is 0.251. The number of hydrogen-bond donors (Lipinski definition) is 2. The van der Waals surface area contributed by atoms with Crippen LogP contribution in [0.5, 0.6) is 0 Å². The highest BCUT2D eigenvalue weighted by Crippen LogP contribution is 2.11. The van der Waals surface area contributed by atoms with Crippen molar-refractivity contribution in [3.8, 4) is 0 Å². The van der Waals surface area contributed by atoms with Crippen LogP contribution in [0, 0.1) is 0 Å². The summed E-state index contributed by atoms with van der Waals surface area (Å²) >= 11 is 0. The van der Waals surface area contributed by atoms with E-state index in [1.54, 1.807) is 6.08 Å². The molecule has 4 nitrogen and oxygen atoms in total. The maximum absolute atomic E-state index is 10.5. The number of nitrogens with zero attached hydrogens (tertiary/aromatic N) is 1. The molecular weight excluding hydrogens is 156 g/mol. The molecule has 0 aliphatic carbocycles. The first-order valence-electron chi connectivity index (χ1n) is 3.61. The number of aliphatic carboxylic acids is 1. The van der Waals surface area contributed by atoms with Crippen molar-refractivity contribution in [3.63, 3.8) is 0 Å². The van der Waals surface area contributed by atoms with Gasteiger partial charge in [0.25, 0.3) is 0 Å². The summed E-state index contributed by atoms with van der Waals surface area (Å²) in [4.78, 5) is 10.5. The first kappa shape index (κ1) is 6.97. The summed E-state index contributed by atoms with van der Waals surface area (Å²) in [6.07, 6.45) is 3.52. The molecule has 1 aromatic rings. The Morgan fingerprint density at radius 2 is 2.50 bits per heavy atom. The van der Waals surface area contributed by atoms with Gasteiger partial charge in [0, 0.05) is 11.9 Å². The fraction of sp³-hybridized carbons (Fsp3) is 0.125. The summed E-state index contributed by atoms with van der Waals surface area (Å²) in [5, 5.41) is 11.4. The maximum Gasteiger partial charge on any atom is 0.352 e. The number of rotatable bonds is 1. The monoisotopic (exact) mass is 164 g/mol. The molecule has 0 fully saturated rings. The van der Waals surface area contributed by atoms with Gasteiger partial charge < -0.3 is 15.0 Å². The van der Waals surface area contributed by atoms with Crippen molar-refractivity contribution in [1.29, 1.82) is 0 Å². The fourth-order valence-corrected chi connectivity index (χ4v) is 1.21. The van der Waals surface area contributed by atoms with Crippen LogP contribution in [0.15, 0.2) is 24.0 Å². The lowest BCUT2D eigenvalue weighted by Gasteiger charge is -2.15. The Balaban J connectivity index is 2.41. The van der Waals surface area contributed by atoms with E-state index in [0.717, 1.165) is 5.69 Å². The van der Waals surface area contributed by atoms with Crippen molar-refractivity contribution in [2.75, 3.05) is 0 Å². The van der Waals surface area contributed by atoms with Crippen LogP contribution < -0.4 is 5.32 Å². The quantitative estimate of drug-likeness (QED) is 0.634. The van der Waals surface area contributed by atoms with E-state index in [4.69, 9.17) is 5.11 Å². The van der Waals surface area contributed by atoms with Crippen molar-refractivity contribution in [1.82, 2.24) is 9.88 Å². The molecule has 2 heterocycles. The highest BCUT2D eigenvalue weighted by atomic mass is 16.4. The van der Waals surface area contributed by atoms with Gasteiger partial charge in [-0.05, 0) is 18.2 Å². The Hall–Kier alpha value is -1.71. The summed E-state index contributed by atoms with van der Waals surface area (Å²) < 4.78 is 1.94. The van der Waals surface area contributed by atoms with Gasteiger partial charge in [-0.25, -0.2) is 4.79 Å². The van der Waals surface area contributed by atoms with Crippen molar-refractivity contribution in [2.24, 2.45) is 0 Å². The molecule has 0 unspecified atom stereocenters. The van der Waals surface area contributed by atoms with Gasteiger partial charge in [0.1, 0.15) is 5.70 Å². The lowest BCUT2D eigenvalue weighted by molar-refractivity contribution is -0.133. The number of fused-ring (bicyclic) bond motifs is 1. The average molecular weight is 164 g/mol. The molecule has 0 spiro atoms. The molecule has 1 aliphatic heterocycles. The zero-order valence-electron chi connectivity index (χ0n) is 6.32. The Morgan fingerprint density at radius 1 is 1.67 bits per heavy atom. The number of aromatic nitrogens is 1. The van der Waals surface area contributed by atoms with E-state index in [-0.39, 0.29) is 5.70 Å². The molecular formula is C8H8N2O2. The molecule has 0 amide bonds. The molecule has 2 rings (SSSR count). The van der Waals surface area contributed by atoms with Crippen molar-refractivity contribution >= 4 is 12.0 Å². The highest BCUT2D eigenvalue weighted by Gasteiger charge is 2.12. The molecule has 0 saturated heterocycles. The largest absolute Gasteiger partial charge is 0.477 e. The number of hydrogen-bond acceptors (Lipinski definition) is 2. The first-order valence-corrected chi connectivity index (χ1v) is 3.61. The van der Waals surface area contributed by atoms with E-state index in [1.165, 1.54) is 0 Å². The fourth-order valence-electron chi connectivity index (χ4n) is 1.21. The van der Waals surface area contributed by atoms with Gasteiger partial charge in [-0.15, -0.1) is 0 Å². The molecule has 12 heavy (non-hydrogen) atoms. The third-order valence-corrected chi connectivity index (χ3v) is 1.83. The van der Waals surface area contributed by atoms with Gasteiger partial charge in [-0.2, -0.15) is 0 Å². The van der Waals surface area contributed by atoms with Crippen LogP contribution in [0.2, 0.25) is 0 Å². The normalized spacial score (nSPS) is 14.5. The summed E-state index contributed by atoms with van der Waals surface area (Å²) in [7, 11) is 0. The van der Waals surface area contributed by atoms with E-state index in [1.807, 2.05) is 22.9 Å². The van der Waals surface area contributed by atoms with Crippen LogP contribution in [0.3, 0.4) is 0 Å². The van der Waals surface area contributed by atoms with Crippen LogP contribution >= 0.6 is 0 Å². The first-order chi connectivity index (χ1) is 5.77. The van der Waals surface area contributed by atoms with Gasteiger partial charge in [0.2, 0.25) is 0 Å². The predicted molar refractivity (Wildman–Crippen MR) is 43.2 cm³/mol. The minimum atomic E-state index is -0.914. The third-order valence-electron chi connectivity index (χ3n) is 1.83. The van der Waals surface area contributed by atoms with E-state index in [0.29, 0.717) is 6.67 Å². The van der Waals surface area contributed by atoms with Crippen molar-refractivity contribution in [3.05, 3.63) is 29.7 Å². The van der Waals surface area contributed by atoms with Crippen LogP contribution in [-0.4, -0.2) is 15.6 Å². The zero-order valence-corrected chi connectivity index (χ0v) is 6.32. The van der Waals surface area contributed by atoms with Crippen LogP contribution in [0.25, 0.3) is 6.08 Å². The minimum Gasteiger partial charge on any atom is -0.477 e. The van der Waals surface area contributed by atoms with Gasteiger partial charge in [-0.1, -0.05) is 0 Å². The number of carbonyl (C=O) groups is 1. The van der Waals surface area contributed by atoms with E-state index < -0.39 is 5.97 Å². The second-order valence-electron chi connectivity index (χ2n) is 2.60. The Labute approximate surface area is 69.1 Å². The molecule has 0 bridgehead atoms. The van der Waals surface area contributed by atoms with Crippen LogP contribution in [-0.2, 0) is 11.5 Å². The van der Waals surface area contributed by atoms with E-state index >= 15 is 0 Å². The number of nitrogens with one attached hydrogen (secondary N) is 1. The summed E-state index contributed by atoms with van der Waals surface area (Å²) in [5.41, 5.74) is 1.17. The van der Waals surface area contributed by atoms with Crippen LogP contribution in [0.1, 0.15) is 5.69 Å². The molecule has 0 saturated carbocycles. The summed E-state index contributed by atoms with van der Waals surface area (Å²) in [6.45, 7) is 0.528. The highest BCUT2D eigenvalue weighted by molar-refractivity contribution is 5.91.